The van der Waals surface area contributed by atoms with E-state index in [-0.39, 0.29) is 48.7 Å². The molecular weight excluding hydrogens is 434 g/mol. The minimum atomic E-state index is -0.398. The second-order valence-electron chi connectivity index (χ2n) is 9.95. The summed E-state index contributed by atoms with van der Waals surface area (Å²) in [5.74, 6) is -0.786. The minimum Gasteiger partial charge on any atom is -0.379 e. The molecule has 2 aliphatic carbocycles. The van der Waals surface area contributed by atoms with Crippen LogP contribution in [0.3, 0.4) is 0 Å². The summed E-state index contributed by atoms with van der Waals surface area (Å²) in [6.07, 6.45) is 5.28. The molecule has 1 N–H and O–H groups in total. The van der Waals surface area contributed by atoms with Crippen LogP contribution in [0, 0.1) is 19.8 Å². The minimum absolute atomic E-state index is 0.0962. The molecule has 0 bridgehead atoms. The Kier molecular flexibility index (Phi) is 7.57. The van der Waals surface area contributed by atoms with Crippen LogP contribution in [0.15, 0.2) is 18.2 Å². The Morgan fingerprint density at radius 3 is 2.32 bits per heavy atom. The summed E-state index contributed by atoms with van der Waals surface area (Å²) >= 11 is 0. The molecule has 0 radical (unpaired) electrons. The molecule has 8 nitrogen and oxygen atoms in total. The molecule has 1 aromatic carbocycles. The second-order valence-corrected chi connectivity index (χ2v) is 9.95. The van der Waals surface area contributed by atoms with Crippen LogP contribution in [-0.2, 0) is 19.1 Å². The SMILES string of the molecule is COC1CC2C(=O)N(C3CCCCC3)C(=O)N(CC(=O)Nc3ccc(C)c(C)c3)C2CC1OC. The lowest BCUT2D eigenvalue weighted by Gasteiger charge is -2.51. The third-order valence-electron chi connectivity index (χ3n) is 7.90. The molecule has 1 aliphatic heterocycles. The van der Waals surface area contributed by atoms with E-state index < -0.39 is 5.92 Å². The molecule has 186 valence electrons. The number of hydrogen-bond acceptors (Lipinski definition) is 5. The highest BCUT2D eigenvalue weighted by Crippen LogP contribution is 2.39. The highest BCUT2D eigenvalue weighted by molar-refractivity contribution is 6.02. The fourth-order valence-corrected chi connectivity index (χ4v) is 5.81. The maximum Gasteiger partial charge on any atom is 0.327 e. The van der Waals surface area contributed by atoms with Gasteiger partial charge in [0.2, 0.25) is 11.8 Å². The average molecular weight is 472 g/mol. The van der Waals surface area contributed by atoms with Gasteiger partial charge in [0.25, 0.3) is 0 Å². The van der Waals surface area contributed by atoms with Gasteiger partial charge in [-0.3, -0.25) is 14.5 Å². The van der Waals surface area contributed by atoms with Crippen molar-refractivity contribution in [2.75, 3.05) is 26.1 Å². The normalized spacial score (nSPS) is 28.1. The monoisotopic (exact) mass is 471 g/mol. The fraction of sp³-hybridized carbons (Fsp3) is 0.654. The van der Waals surface area contributed by atoms with Crippen molar-refractivity contribution in [3.8, 4) is 0 Å². The number of nitrogens with one attached hydrogen (secondary N) is 1. The standard InChI is InChI=1S/C26H37N3O5/c1-16-10-11-18(12-17(16)2)27-24(30)15-28-21-14-23(34-4)22(33-3)13-20(21)25(31)29(26(28)32)19-8-6-5-7-9-19/h10-12,19-23H,5-9,13-15H2,1-4H3,(H,27,30). The van der Waals surface area contributed by atoms with Crippen molar-refractivity contribution in [3.05, 3.63) is 29.3 Å². The lowest BCUT2D eigenvalue weighted by molar-refractivity contribution is -0.155. The topological polar surface area (TPSA) is 88.2 Å². The number of carbonyl (C=O) groups is 3. The van der Waals surface area contributed by atoms with Crippen LogP contribution in [0.4, 0.5) is 10.5 Å². The van der Waals surface area contributed by atoms with Crippen LogP contribution < -0.4 is 5.32 Å². The summed E-state index contributed by atoms with van der Waals surface area (Å²) < 4.78 is 11.3. The van der Waals surface area contributed by atoms with Crippen LogP contribution in [0.5, 0.6) is 0 Å². The van der Waals surface area contributed by atoms with Crippen molar-refractivity contribution in [2.24, 2.45) is 5.92 Å². The van der Waals surface area contributed by atoms with Crippen molar-refractivity contribution in [3.63, 3.8) is 0 Å². The zero-order valence-corrected chi connectivity index (χ0v) is 20.7. The number of carbonyl (C=O) groups excluding carboxylic acids is 3. The van der Waals surface area contributed by atoms with Gasteiger partial charge in [0.15, 0.2) is 0 Å². The van der Waals surface area contributed by atoms with E-state index in [9.17, 15) is 14.4 Å². The van der Waals surface area contributed by atoms with Crippen molar-refractivity contribution < 1.29 is 23.9 Å². The molecule has 3 aliphatic rings. The molecule has 0 aromatic heterocycles. The quantitative estimate of drug-likeness (QED) is 0.684. The number of anilines is 1. The predicted molar refractivity (Wildman–Crippen MR) is 128 cm³/mol. The zero-order valence-electron chi connectivity index (χ0n) is 20.7. The van der Waals surface area contributed by atoms with Crippen LogP contribution >= 0.6 is 0 Å². The molecule has 4 rings (SSSR count). The first kappa shape index (κ1) is 24.7. The van der Waals surface area contributed by atoms with E-state index >= 15 is 0 Å². The molecule has 1 aromatic rings. The summed E-state index contributed by atoms with van der Waals surface area (Å²) in [5, 5.41) is 2.93. The number of nitrogens with zero attached hydrogens (tertiary/aromatic N) is 2. The Bertz CT molecular complexity index is 929. The molecule has 4 amide bonds. The van der Waals surface area contributed by atoms with Gasteiger partial charge in [-0.25, -0.2) is 4.79 Å². The number of imide groups is 1. The number of benzene rings is 1. The van der Waals surface area contributed by atoms with Gasteiger partial charge < -0.3 is 19.7 Å². The number of fused-ring (bicyclic) bond motifs is 1. The number of ether oxygens (including phenoxy) is 2. The first-order valence-electron chi connectivity index (χ1n) is 12.4. The van der Waals surface area contributed by atoms with Gasteiger partial charge in [-0.05, 0) is 62.8 Å². The van der Waals surface area contributed by atoms with Crippen LogP contribution in [0.2, 0.25) is 0 Å². The van der Waals surface area contributed by atoms with Gasteiger partial charge in [-0.2, -0.15) is 0 Å². The fourth-order valence-electron chi connectivity index (χ4n) is 5.81. The molecule has 1 saturated heterocycles. The van der Waals surface area contributed by atoms with E-state index in [4.69, 9.17) is 9.47 Å². The lowest BCUT2D eigenvalue weighted by atomic mass is 9.77. The van der Waals surface area contributed by atoms with E-state index in [0.29, 0.717) is 18.5 Å². The summed E-state index contributed by atoms with van der Waals surface area (Å²) in [7, 11) is 3.25. The first-order valence-corrected chi connectivity index (χ1v) is 12.4. The Hall–Kier alpha value is -2.45. The molecule has 0 spiro atoms. The van der Waals surface area contributed by atoms with Gasteiger partial charge in [-0.15, -0.1) is 0 Å². The molecule has 4 unspecified atom stereocenters. The third-order valence-corrected chi connectivity index (χ3v) is 7.90. The second kappa shape index (κ2) is 10.4. The average Bonchev–Trinajstić information content (AvgIpc) is 2.84. The van der Waals surface area contributed by atoms with E-state index in [1.54, 1.807) is 19.1 Å². The summed E-state index contributed by atoms with van der Waals surface area (Å²) in [6, 6.07) is 4.92. The lowest BCUT2D eigenvalue weighted by Crippen LogP contribution is -2.68. The molecule has 3 fully saturated rings. The highest BCUT2D eigenvalue weighted by atomic mass is 16.5. The van der Waals surface area contributed by atoms with E-state index in [1.807, 2.05) is 32.0 Å². The number of aryl methyl sites for hydroxylation is 2. The predicted octanol–water partition coefficient (Wildman–Crippen LogP) is 3.65. The third kappa shape index (κ3) is 4.84. The molecular formula is C26H37N3O5. The number of amides is 4. The maximum absolute atomic E-state index is 13.7. The largest absolute Gasteiger partial charge is 0.379 e. The number of urea groups is 1. The smallest absolute Gasteiger partial charge is 0.327 e. The summed E-state index contributed by atoms with van der Waals surface area (Å²) in [5.41, 5.74) is 2.93. The van der Waals surface area contributed by atoms with Gasteiger partial charge in [0.1, 0.15) is 6.54 Å². The molecule has 8 heteroatoms. The maximum atomic E-state index is 13.7. The molecule has 1 heterocycles. The van der Waals surface area contributed by atoms with Crippen LogP contribution in [0.1, 0.15) is 56.1 Å². The van der Waals surface area contributed by atoms with Gasteiger partial charge in [0.05, 0.1) is 18.1 Å². The van der Waals surface area contributed by atoms with Crippen molar-refractivity contribution in [1.29, 1.82) is 0 Å². The van der Waals surface area contributed by atoms with Gasteiger partial charge in [-0.1, -0.05) is 25.3 Å². The van der Waals surface area contributed by atoms with Crippen molar-refractivity contribution in [1.82, 2.24) is 9.80 Å². The Morgan fingerprint density at radius 2 is 1.68 bits per heavy atom. The first-order chi connectivity index (χ1) is 16.3. The zero-order chi connectivity index (χ0) is 24.4. The molecule has 34 heavy (non-hydrogen) atoms. The van der Waals surface area contributed by atoms with Gasteiger partial charge >= 0.3 is 6.03 Å². The summed E-state index contributed by atoms with van der Waals surface area (Å²) in [6.45, 7) is 3.92. The Labute approximate surface area is 201 Å². The van der Waals surface area contributed by atoms with E-state index in [1.165, 1.54) is 4.90 Å². The Morgan fingerprint density at radius 1 is 1.00 bits per heavy atom. The number of rotatable bonds is 6. The van der Waals surface area contributed by atoms with E-state index in [2.05, 4.69) is 5.32 Å². The molecule has 2 saturated carbocycles. The Balaban J connectivity index is 1.59. The van der Waals surface area contributed by atoms with Crippen LogP contribution in [0.25, 0.3) is 0 Å². The van der Waals surface area contributed by atoms with Gasteiger partial charge in [0, 0.05) is 32.0 Å². The van der Waals surface area contributed by atoms with Crippen LogP contribution in [-0.4, -0.2) is 72.7 Å². The van der Waals surface area contributed by atoms with Crippen molar-refractivity contribution in [2.45, 2.75) is 83.1 Å². The highest BCUT2D eigenvalue weighted by Gasteiger charge is 2.53. The number of methoxy groups -OCH3 is 2. The number of hydrogen-bond donors (Lipinski definition) is 1. The summed E-state index contributed by atoms with van der Waals surface area (Å²) in [4.78, 5) is 43.4. The van der Waals surface area contributed by atoms with E-state index in [0.717, 1.165) is 43.2 Å². The molecule has 4 atom stereocenters. The van der Waals surface area contributed by atoms with Crippen molar-refractivity contribution >= 4 is 23.5 Å².